The van der Waals surface area contributed by atoms with Crippen molar-refractivity contribution in [3.63, 3.8) is 0 Å². The predicted octanol–water partition coefficient (Wildman–Crippen LogP) is 2.23. The maximum absolute atomic E-state index is 11.4. The minimum absolute atomic E-state index is 0.00114. The second kappa shape index (κ2) is 11.2. The number of hydrogen-bond donors (Lipinski definition) is 2. The van der Waals surface area contributed by atoms with Gasteiger partial charge in [-0.1, -0.05) is 39.0 Å². The number of hydrogen-bond acceptors (Lipinski definition) is 3. The van der Waals surface area contributed by atoms with Crippen LogP contribution >= 0.6 is 0 Å². The number of carbonyl (C=O) groups excluding carboxylic acids is 1. The van der Waals surface area contributed by atoms with E-state index in [1.165, 1.54) is 38.5 Å². The highest BCUT2D eigenvalue weighted by atomic mass is 16.5. The fraction of sp³-hybridized carbons (Fsp3) is 0.933. The molecule has 0 aliphatic heterocycles. The molecule has 19 heavy (non-hydrogen) atoms. The molecule has 4 nitrogen and oxygen atoms in total. The molecule has 0 bridgehead atoms. The highest BCUT2D eigenvalue weighted by Gasteiger charge is 2.10. The molecule has 0 unspecified atom stereocenters. The van der Waals surface area contributed by atoms with E-state index in [4.69, 9.17) is 4.74 Å². The Morgan fingerprint density at radius 1 is 1.16 bits per heavy atom. The predicted molar refractivity (Wildman–Crippen MR) is 78.2 cm³/mol. The van der Waals surface area contributed by atoms with Gasteiger partial charge in [-0.3, -0.25) is 4.79 Å². The van der Waals surface area contributed by atoms with Crippen molar-refractivity contribution in [1.29, 1.82) is 0 Å². The molecule has 4 heteroatoms. The van der Waals surface area contributed by atoms with E-state index < -0.39 is 0 Å². The molecule has 2 N–H and O–H groups in total. The lowest BCUT2D eigenvalue weighted by molar-refractivity contribution is -0.125. The highest BCUT2D eigenvalue weighted by molar-refractivity contribution is 5.77. The molecule has 0 aromatic carbocycles. The first-order chi connectivity index (χ1) is 9.33. The van der Waals surface area contributed by atoms with Gasteiger partial charge in [0.1, 0.15) is 6.61 Å². The van der Waals surface area contributed by atoms with Gasteiger partial charge >= 0.3 is 0 Å². The smallest absolute Gasteiger partial charge is 0.246 e. The van der Waals surface area contributed by atoms with Crippen molar-refractivity contribution in [2.24, 2.45) is 0 Å². The lowest BCUT2D eigenvalue weighted by Crippen LogP contribution is -2.38. The van der Waals surface area contributed by atoms with E-state index >= 15 is 0 Å². The lowest BCUT2D eigenvalue weighted by atomic mass is 10.1. The molecule has 1 aliphatic carbocycles. The van der Waals surface area contributed by atoms with E-state index in [9.17, 15) is 4.79 Å². The van der Waals surface area contributed by atoms with Crippen LogP contribution in [-0.2, 0) is 9.53 Å². The third-order valence-corrected chi connectivity index (χ3v) is 3.61. The monoisotopic (exact) mass is 270 g/mol. The minimum atomic E-state index is -0.00114. The highest BCUT2D eigenvalue weighted by Crippen LogP contribution is 2.16. The third kappa shape index (κ3) is 9.00. The van der Waals surface area contributed by atoms with Gasteiger partial charge in [-0.05, 0) is 19.3 Å². The van der Waals surface area contributed by atoms with E-state index in [0.29, 0.717) is 19.2 Å². The average Bonchev–Trinajstić information content (AvgIpc) is 2.68. The Hall–Kier alpha value is -0.610. The molecule has 0 heterocycles. The van der Waals surface area contributed by atoms with E-state index in [2.05, 4.69) is 17.6 Å². The standard InChI is InChI=1S/C15H30N2O2/c1-2-3-12-19-13-15(18)17-11-10-16-14-8-6-4-5-7-9-14/h14,16H,2-13H2,1H3,(H,17,18). The van der Waals surface area contributed by atoms with Crippen LogP contribution in [0.25, 0.3) is 0 Å². The first-order valence-electron chi connectivity index (χ1n) is 7.90. The summed E-state index contributed by atoms with van der Waals surface area (Å²) >= 11 is 0. The van der Waals surface area contributed by atoms with Crippen LogP contribution in [0.2, 0.25) is 0 Å². The van der Waals surface area contributed by atoms with E-state index in [1.54, 1.807) is 0 Å². The van der Waals surface area contributed by atoms with Crippen LogP contribution in [-0.4, -0.2) is 38.3 Å². The first-order valence-corrected chi connectivity index (χ1v) is 7.90. The van der Waals surface area contributed by atoms with Gasteiger partial charge in [0.15, 0.2) is 0 Å². The van der Waals surface area contributed by atoms with E-state index in [0.717, 1.165) is 19.4 Å². The topological polar surface area (TPSA) is 50.4 Å². The van der Waals surface area contributed by atoms with Crippen molar-refractivity contribution >= 4 is 5.91 Å². The number of carbonyl (C=O) groups is 1. The summed E-state index contributed by atoms with van der Waals surface area (Å²) in [6, 6.07) is 0.653. The molecule has 1 saturated carbocycles. The van der Waals surface area contributed by atoms with Gasteiger partial charge in [0, 0.05) is 25.7 Å². The first kappa shape index (κ1) is 16.4. The van der Waals surface area contributed by atoms with Gasteiger partial charge < -0.3 is 15.4 Å². The summed E-state index contributed by atoms with van der Waals surface area (Å²) in [4.78, 5) is 11.4. The van der Waals surface area contributed by atoms with Crippen LogP contribution in [0.1, 0.15) is 58.3 Å². The summed E-state index contributed by atoms with van der Waals surface area (Å²) in [5, 5.41) is 6.43. The summed E-state index contributed by atoms with van der Waals surface area (Å²) in [5.41, 5.74) is 0. The van der Waals surface area contributed by atoms with E-state index in [1.807, 2.05) is 0 Å². The van der Waals surface area contributed by atoms with Gasteiger partial charge in [-0.15, -0.1) is 0 Å². The summed E-state index contributed by atoms with van der Waals surface area (Å²) in [6.07, 6.45) is 10.1. The van der Waals surface area contributed by atoms with Crippen molar-refractivity contribution in [2.75, 3.05) is 26.3 Å². The second-order valence-corrected chi connectivity index (χ2v) is 5.40. The normalized spacial score (nSPS) is 17.1. The van der Waals surface area contributed by atoms with Crippen LogP contribution in [0.3, 0.4) is 0 Å². The molecule has 0 aromatic heterocycles. The molecule has 0 atom stereocenters. The Labute approximate surface area is 117 Å². The largest absolute Gasteiger partial charge is 0.372 e. The molecular formula is C15H30N2O2. The van der Waals surface area contributed by atoms with Gasteiger partial charge in [0.2, 0.25) is 5.91 Å². The molecule has 1 amide bonds. The second-order valence-electron chi connectivity index (χ2n) is 5.40. The zero-order valence-corrected chi connectivity index (χ0v) is 12.4. The Morgan fingerprint density at radius 3 is 2.58 bits per heavy atom. The van der Waals surface area contributed by atoms with Gasteiger partial charge in [0.05, 0.1) is 0 Å². The molecule has 112 valence electrons. The van der Waals surface area contributed by atoms with Gasteiger partial charge in [-0.25, -0.2) is 0 Å². The molecule has 0 saturated heterocycles. The maximum atomic E-state index is 11.4. The van der Waals surface area contributed by atoms with E-state index in [-0.39, 0.29) is 12.5 Å². The summed E-state index contributed by atoms with van der Waals surface area (Å²) in [5.74, 6) is -0.00114. The molecular weight excluding hydrogens is 240 g/mol. The molecule has 1 aliphatic rings. The fourth-order valence-corrected chi connectivity index (χ4v) is 2.42. The Morgan fingerprint density at radius 2 is 1.89 bits per heavy atom. The zero-order valence-electron chi connectivity index (χ0n) is 12.4. The minimum Gasteiger partial charge on any atom is -0.372 e. The Balaban J connectivity index is 1.92. The van der Waals surface area contributed by atoms with Gasteiger partial charge in [-0.2, -0.15) is 0 Å². The summed E-state index contributed by atoms with van der Waals surface area (Å²) in [7, 11) is 0. The quantitative estimate of drug-likeness (QED) is 0.499. The van der Waals surface area contributed by atoms with Crippen molar-refractivity contribution in [2.45, 2.75) is 64.3 Å². The van der Waals surface area contributed by atoms with Crippen LogP contribution in [0.4, 0.5) is 0 Å². The number of unbranched alkanes of at least 4 members (excludes halogenated alkanes) is 1. The number of amides is 1. The van der Waals surface area contributed by atoms with Crippen LogP contribution in [0.15, 0.2) is 0 Å². The summed E-state index contributed by atoms with van der Waals surface area (Å²) < 4.78 is 5.27. The molecule has 0 spiro atoms. The molecule has 1 rings (SSSR count). The maximum Gasteiger partial charge on any atom is 0.246 e. The van der Waals surface area contributed by atoms with Crippen LogP contribution in [0.5, 0.6) is 0 Å². The fourth-order valence-electron chi connectivity index (χ4n) is 2.42. The Bertz CT molecular complexity index is 226. The SMILES string of the molecule is CCCCOCC(=O)NCCNC1CCCCCC1. The zero-order chi connectivity index (χ0) is 13.8. The van der Waals surface area contributed by atoms with Crippen molar-refractivity contribution < 1.29 is 9.53 Å². The average molecular weight is 270 g/mol. The number of ether oxygens (including phenoxy) is 1. The van der Waals surface area contributed by atoms with Crippen LogP contribution in [0, 0.1) is 0 Å². The third-order valence-electron chi connectivity index (χ3n) is 3.61. The lowest BCUT2D eigenvalue weighted by Gasteiger charge is -2.16. The molecule has 1 fully saturated rings. The van der Waals surface area contributed by atoms with Gasteiger partial charge in [0.25, 0.3) is 0 Å². The van der Waals surface area contributed by atoms with Crippen molar-refractivity contribution in [3.05, 3.63) is 0 Å². The van der Waals surface area contributed by atoms with Crippen molar-refractivity contribution in [3.8, 4) is 0 Å². The molecule has 0 aromatic rings. The van der Waals surface area contributed by atoms with Crippen LogP contribution < -0.4 is 10.6 Å². The number of rotatable bonds is 9. The summed E-state index contributed by atoms with van der Waals surface area (Å²) in [6.45, 7) is 4.56. The molecule has 0 radical (unpaired) electrons. The van der Waals surface area contributed by atoms with Crippen molar-refractivity contribution in [1.82, 2.24) is 10.6 Å². The Kier molecular flexibility index (Phi) is 9.72. The number of nitrogens with one attached hydrogen (secondary N) is 2.